The van der Waals surface area contributed by atoms with Gasteiger partial charge in [-0.05, 0) is 30.2 Å². The molecule has 1 aromatic rings. The van der Waals surface area contributed by atoms with E-state index >= 15 is 0 Å². The number of carboxylic acids is 1. The molecule has 4 nitrogen and oxygen atoms in total. The van der Waals surface area contributed by atoms with E-state index in [9.17, 15) is 9.59 Å². The van der Waals surface area contributed by atoms with Gasteiger partial charge in [-0.25, -0.2) is 4.79 Å². The molecule has 2 N–H and O–H groups in total. The molecule has 21 heavy (non-hydrogen) atoms. The summed E-state index contributed by atoms with van der Waals surface area (Å²) in [7, 11) is 0. The first-order valence-corrected chi connectivity index (χ1v) is 7.18. The lowest BCUT2D eigenvalue weighted by Crippen LogP contribution is -2.29. The van der Waals surface area contributed by atoms with Crippen LogP contribution in [0.4, 0.5) is 0 Å². The van der Waals surface area contributed by atoms with E-state index in [-0.39, 0.29) is 22.9 Å². The average Bonchev–Trinajstić information content (AvgIpc) is 3.07. The van der Waals surface area contributed by atoms with Gasteiger partial charge in [0, 0.05) is 5.92 Å². The number of aryl methyl sites for hydroxylation is 1. The van der Waals surface area contributed by atoms with Gasteiger partial charge in [0.1, 0.15) is 5.70 Å². The molecule has 0 bridgehead atoms. The predicted molar refractivity (Wildman–Crippen MR) is 80.5 cm³/mol. The molecular formula is C17H21NO3. The number of amides is 1. The van der Waals surface area contributed by atoms with E-state index in [0.29, 0.717) is 6.42 Å². The molecule has 2 rings (SSSR count). The van der Waals surface area contributed by atoms with Gasteiger partial charge in [-0.3, -0.25) is 4.79 Å². The molecule has 0 saturated heterocycles. The Morgan fingerprint density at radius 3 is 2.48 bits per heavy atom. The molecule has 0 aliphatic heterocycles. The van der Waals surface area contributed by atoms with Gasteiger partial charge in [-0.1, -0.05) is 50.3 Å². The third-order valence-electron chi connectivity index (χ3n) is 3.94. The second kappa shape index (κ2) is 6.12. The molecule has 1 aliphatic carbocycles. The number of aliphatic carboxylic acids is 1. The fraction of sp³-hybridized carbons (Fsp3) is 0.412. The minimum Gasteiger partial charge on any atom is -0.477 e. The maximum absolute atomic E-state index is 12.0. The quantitative estimate of drug-likeness (QED) is 0.791. The van der Waals surface area contributed by atoms with Crippen LogP contribution < -0.4 is 5.32 Å². The van der Waals surface area contributed by atoms with Crippen LogP contribution in [0.2, 0.25) is 0 Å². The fourth-order valence-electron chi connectivity index (χ4n) is 2.35. The highest BCUT2D eigenvalue weighted by atomic mass is 16.4. The molecule has 4 heteroatoms. The van der Waals surface area contributed by atoms with Gasteiger partial charge in [-0.2, -0.15) is 0 Å². The van der Waals surface area contributed by atoms with Gasteiger partial charge in [0.15, 0.2) is 0 Å². The second-order valence-corrected chi connectivity index (χ2v) is 6.18. The minimum absolute atomic E-state index is 0.00225. The van der Waals surface area contributed by atoms with Crippen molar-refractivity contribution in [2.75, 3.05) is 0 Å². The number of hydrogen-bond acceptors (Lipinski definition) is 2. The van der Waals surface area contributed by atoms with Crippen LogP contribution in [0, 0.1) is 11.3 Å². The SMILES string of the molecule is CC1(C)CC1C(=O)NC(=CCCc1ccccc1)C(=O)O. The molecule has 112 valence electrons. The van der Waals surface area contributed by atoms with E-state index in [1.807, 2.05) is 44.2 Å². The topological polar surface area (TPSA) is 66.4 Å². The van der Waals surface area contributed by atoms with Gasteiger partial charge >= 0.3 is 5.97 Å². The Morgan fingerprint density at radius 1 is 1.33 bits per heavy atom. The van der Waals surface area contributed by atoms with E-state index in [1.54, 1.807) is 6.08 Å². The third kappa shape index (κ3) is 4.18. The van der Waals surface area contributed by atoms with Crippen molar-refractivity contribution in [3.05, 3.63) is 47.7 Å². The minimum atomic E-state index is -1.09. The highest BCUT2D eigenvalue weighted by molar-refractivity contribution is 5.94. The van der Waals surface area contributed by atoms with Crippen molar-refractivity contribution in [2.24, 2.45) is 11.3 Å². The Bertz CT molecular complexity index is 561. The molecule has 1 amide bonds. The number of carbonyl (C=O) groups excluding carboxylic acids is 1. The van der Waals surface area contributed by atoms with Crippen molar-refractivity contribution >= 4 is 11.9 Å². The molecule has 0 spiro atoms. The first-order valence-electron chi connectivity index (χ1n) is 7.18. The van der Waals surface area contributed by atoms with Crippen molar-refractivity contribution in [3.63, 3.8) is 0 Å². The molecule has 0 radical (unpaired) electrons. The third-order valence-corrected chi connectivity index (χ3v) is 3.94. The normalized spacial score (nSPS) is 19.9. The van der Waals surface area contributed by atoms with Crippen molar-refractivity contribution in [3.8, 4) is 0 Å². The number of allylic oxidation sites excluding steroid dienone is 1. The number of carboxylic acid groups (broad SMARTS) is 1. The van der Waals surface area contributed by atoms with E-state index < -0.39 is 5.97 Å². The van der Waals surface area contributed by atoms with Gasteiger partial charge in [-0.15, -0.1) is 0 Å². The number of carbonyl (C=O) groups is 2. The molecular weight excluding hydrogens is 266 g/mol. The van der Waals surface area contributed by atoms with Crippen LogP contribution in [0.5, 0.6) is 0 Å². The van der Waals surface area contributed by atoms with Crippen LogP contribution >= 0.6 is 0 Å². The summed E-state index contributed by atoms with van der Waals surface area (Å²) in [6.45, 7) is 4.02. The molecule has 1 fully saturated rings. The summed E-state index contributed by atoms with van der Waals surface area (Å²) >= 11 is 0. The Hall–Kier alpha value is -2.10. The number of hydrogen-bond donors (Lipinski definition) is 2. The Kier molecular flexibility index (Phi) is 4.46. The zero-order valence-electron chi connectivity index (χ0n) is 12.4. The highest BCUT2D eigenvalue weighted by Gasteiger charge is 2.50. The van der Waals surface area contributed by atoms with Crippen LogP contribution in [0.15, 0.2) is 42.1 Å². The average molecular weight is 287 g/mol. The maximum Gasteiger partial charge on any atom is 0.352 e. The molecule has 1 saturated carbocycles. The van der Waals surface area contributed by atoms with Gasteiger partial charge < -0.3 is 10.4 Å². The Labute approximate surface area is 124 Å². The predicted octanol–water partition coefficient (Wildman–Crippen LogP) is 2.75. The fourth-order valence-corrected chi connectivity index (χ4v) is 2.35. The van der Waals surface area contributed by atoms with Crippen LogP contribution in [-0.2, 0) is 16.0 Å². The van der Waals surface area contributed by atoms with E-state index in [1.165, 1.54) is 0 Å². The van der Waals surface area contributed by atoms with Gasteiger partial charge in [0.25, 0.3) is 0 Å². The summed E-state index contributed by atoms with van der Waals surface area (Å²) in [6.07, 6.45) is 3.74. The standard InChI is InChI=1S/C17H21NO3/c1-17(2)11-13(17)15(19)18-14(16(20)21)10-6-9-12-7-4-3-5-8-12/h3-5,7-8,10,13H,6,9,11H2,1-2H3,(H,18,19)(H,20,21). The van der Waals surface area contributed by atoms with Crippen LogP contribution in [0.3, 0.4) is 0 Å². The number of nitrogens with one attached hydrogen (secondary N) is 1. The lowest BCUT2D eigenvalue weighted by atomic mass is 10.1. The molecule has 1 aliphatic rings. The van der Waals surface area contributed by atoms with E-state index in [2.05, 4.69) is 5.32 Å². The molecule has 1 aromatic carbocycles. The van der Waals surface area contributed by atoms with Gasteiger partial charge in [0.2, 0.25) is 5.91 Å². The maximum atomic E-state index is 12.0. The zero-order chi connectivity index (χ0) is 15.5. The van der Waals surface area contributed by atoms with Gasteiger partial charge in [0.05, 0.1) is 0 Å². The monoisotopic (exact) mass is 287 g/mol. The second-order valence-electron chi connectivity index (χ2n) is 6.18. The summed E-state index contributed by atoms with van der Waals surface area (Å²) in [5.74, 6) is -1.35. The Balaban J connectivity index is 1.91. The van der Waals surface area contributed by atoms with Crippen molar-refractivity contribution in [1.82, 2.24) is 5.32 Å². The van der Waals surface area contributed by atoms with E-state index in [0.717, 1.165) is 18.4 Å². The lowest BCUT2D eigenvalue weighted by molar-refractivity contribution is -0.135. The van der Waals surface area contributed by atoms with Crippen LogP contribution in [0.25, 0.3) is 0 Å². The number of rotatable bonds is 6. The summed E-state index contributed by atoms with van der Waals surface area (Å²) in [6, 6.07) is 9.85. The summed E-state index contributed by atoms with van der Waals surface area (Å²) in [5.41, 5.74) is 1.13. The van der Waals surface area contributed by atoms with Crippen molar-refractivity contribution in [1.29, 1.82) is 0 Å². The lowest BCUT2D eigenvalue weighted by Gasteiger charge is -2.07. The first-order chi connectivity index (χ1) is 9.90. The first kappa shape index (κ1) is 15.3. The molecule has 0 heterocycles. The zero-order valence-corrected chi connectivity index (χ0v) is 12.4. The van der Waals surface area contributed by atoms with Crippen molar-refractivity contribution in [2.45, 2.75) is 33.1 Å². The van der Waals surface area contributed by atoms with Crippen LogP contribution in [-0.4, -0.2) is 17.0 Å². The largest absolute Gasteiger partial charge is 0.477 e. The summed E-state index contributed by atoms with van der Waals surface area (Å²) < 4.78 is 0. The Morgan fingerprint density at radius 2 is 1.95 bits per heavy atom. The highest BCUT2D eigenvalue weighted by Crippen LogP contribution is 2.51. The smallest absolute Gasteiger partial charge is 0.352 e. The van der Waals surface area contributed by atoms with E-state index in [4.69, 9.17) is 5.11 Å². The summed E-state index contributed by atoms with van der Waals surface area (Å²) in [5, 5.41) is 11.7. The molecule has 1 atom stereocenters. The number of benzene rings is 1. The summed E-state index contributed by atoms with van der Waals surface area (Å²) in [4.78, 5) is 23.2. The van der Waals surface area contributed by atoms with Crippen molar-refractivity contribution < 1.29 is 14.7 Å². The molecule has 0 aromatic heterocycles. The molecule has 1 unspecified atom stereocenters. The van der Waals surface area contributed by atoms with Crippen LogP contribution in [0.1, 0.15) is 32.3 Å².